The molecule has 0 spiro atoms. The van der Waals surface area contributed by atoms with Gasteiger partial charge in [-0.15, -0.1) is 0 Å². The van der Waals surface area contributed by atoms with Gasteiger partial charge in [0.1, 0.15) is 0 Å². The molecule has 0 bridgehead atoms. The lowest BCUT2D eigenvalue weighted by Gasteiger charge is -2.34. The quantitative estimate of drug-likeness (QED) is 0.815. The summed E-state index contributed by atoms with van der Waals surface area (Å²) in [5, 5.41) is 11.9. The molecule has 1 aliphatic rings. The molecule has 1 aliphatic heterocycles. The van der Waals surface area contributed by atoms with Crippen LogP contribution in [-0.2, 0) is 9.53 Å². The molecule has 1 unspecified atom stereocenters. The van der Waals surface area contributed by atoms with Crippen molar-refractivity contribution in [1.82, 2.24) is 10.2 Å². The number of nitrogens with zero attached hydrogens (tertiary/aromatic N) is 1. The molecule has 1 aromatic carbocycles. The minimum Gasteiger partial charge on any atom is -0.394 e. The molecule has 2 rings (SSSR count). The molecule has 2 amide bonds. The highest BCUT2D eigenvalue weighted by atomic mass is 16.5. The van der Waals surface area contributed by atoms with E-state index in [1.54, 1.807) is 23.1 Å². The maximum absolute atomic E-state index is 12.1. The number of aryl methyl sites for hydroxylation is 1. The van der Waals surface area contributed by atoms with Gasteiger partial charge >= 0.3 is 0 Å². The molecule has 0 saturated carbocycles. The molecule has 1 saturated heterocycles. The summed E-state index contributed by atoms with van der Waals surface area (Å²) >= 11 is 0. The van der Waals surface area contributed by atoms with Crippen LogP contribution in [0, 0.1) is 6.92 Å². The highest BCUT2D eigenvalue weighted by Gasteiger charge is 2.26. The van der Waals surface area contributed by atoms with Crippen molar-refractivity contribution >= 4 is 11.8 Å². The van der Waals surface area contributed by atoms with E-state index in [9.17, 15) is 14.7 Å². The Morgan fingerprint density at radius 2 is 2.29 bits per heavy atom. The molecule has 6 nitrogen and oxygen atoms in total. The highest BCUT2D eigenvalue weighted by Crippen LogP contribution is 2.07. The molecule has 2 N–H and O–H groups in total. The van der Waals surface area contributed by atoms with Crippen molar-refractivity contribution in [2.45, 2.75) is 13.0 Å². The third kappa shape index (κ3) is 4.03. The zero-order valence-electron chi connectivity index (χ0n) is 12.0. The molecule has 21 heavy (non-hydrogen) atoms. The van der Waals surface area contributed by atoms with Crippen molar-refractivity contribution < 1.29 is 19.4 Å². The van der Waals surface area contributed by atoms with Crippen molar-refractivity contribution in [3.63, 3.8) is 0 Å². The van der Waals surface area contributed by atoms with E-state index in [4.69, 9.17) is 4.74 Å². The zero-order chi connectivity index (χ0) is 15.2. The van der Waals surface area contributed by atoms with Crippen LogP contribution >= 0.6 is 0 Å². The van der Waals surface area contributed by atoms with Crippen LogP contribution in [0.4, 0.5) is 0 Å². The Morgan fingerprint density at radius 3 is 3.00 bits per heavy atom. The molecular formula is C15H20N2O4. The Morgan fingerprint density at radius 1 is 1.48 bits per heavy atom. The zero-order valence-corrected chi connectivity index (χ0v) is 12.0. The predicted molar refractivity (Wildman–Crippen MR) is 76.9 cm³/mol. The van der Waals surface area contributed by atoms with Gasteiger partial charge in [-0.25, -0.2) is 0 Å². The second kappa shape index (κ2) is 7.19. The second-order valence-electron chi connectivity index (χ2n) is 5.05. The SMILES string of the molecule is Cc1cccc(C(=O)NCC(=O)N2CCOCC2CO)c1. The Labute approximate surface area is 123 Å². The summed E-state index contributed by atoms with van der Waals surface area (Å²) in [5.41, 5.74) is 1.52. The maximum atomic E-state index is 12.1. The van der Waals surface area contributed by atoms with E-state index in [0.717, 1.165) is 5.56 Å². The largest absolute Gasteiger partial charge is 0.394 e. The van der Waals surface area contributed by atoms with Gasteiger partial charge in [0.05, 0.1) is 32.4 Å². The fraction of sp³-hybridized carbons (Fsp3) is 0.467. The van der Waals surface area contributed by atoms with Crippen LogP contribution in [-0.4, -0.2) is 60.8 Å². The lowest BCUT2D eigenvalue weighted by Crippen LogP contribution is -2.53. The normalized spacial score (nSPS) is 18.4. The first-order valence-electron chi connectivity index (χ1n) is 6.94. The first-order valence-corrected chi connectivity index (χ1v) is 6.94. The summed E-state index contributed by atoms with van der Waals surface area (Å²) in [7, 11) is 0. The van der Waals surface area contributed by atoms with Crippen LogP contribution in [0.1, 0.15) is 15.9 Å². The molecule has 1 aromatic rings. The lowest BCUT2D eigenvalue weighted by atomic mass is 10.1. The van der Waals surface area contributed by atoms with Crippen LogP contribution in [0.15, 0.2) is 24.3 Å². The van der Waals surface area contributed by atoms with E-state index in [1.807, 2.05) is 13.0 Å². The van der Waals surface area contributed by atoms with Gasteiger partial charge < -0.3 is 20.1 Å². The average molecular weight is 292 g/mol. The number of aliphatic hydroxyl groups excluding tert-OH is 1. The lowest BCUT2D eigenvalue weighted by molar-refractivity contribution is -0.140. The first kappa shape index (κ1) is 15.5. The van der Waals surface area contributed by atoms with E-state index in [0.29, 0.717) is 25.3 Å². The summed E-state index contributed by atoms with van der Waals surface area (Å²) in [6, 6.07) is 6.85. The molecule has 6 heteroatoms. The van der Waals surface area contributed by atoms with Gasteiger partial charge in [0, 0.05) is 12.1 Å². The van der Waals surface area contributed by atoms with Crippen LogP contribution in [0.25, 0.3) is 0 Å². The van der Waals surface area contributed by atoms with Crippen LogP contribution in [0.2, 0.25) is 0 Å². The Hall–Kier alpha value is -1.92. The number of rotatable bonds is 4. The summed E-state index contributed by atoms with van der Waals surface area (Å²) in [6.07, 6.45) is 0. The summed E-state index contributed by atoms with van der Waals surface area (Å²) < 4.78 is 5.22. The molecule has 1 atom stereocenters. The third-order valence-electron chi connectivity index (χ3n) is 3.44. The Balaban J connectivity index is 1.90. The molecule has 1 heterocycles. The van der Waals surface area contributed by atoms with Gasteiger partial charge in [-0.05, 0) is 19.1 Å². The van der Waals surface area contributed by atoms with Gasteiger partial charge in [0.15, 0.2) is 0 Å². The van der Waals surface area contributed by atoms with Gasteiger partial charge in [-0.2, -0.15) is 0 Å². The van der Waals surface area contributed by atoms with Crippen molar-refractivity contribution in [3.8, 4) is 0 Å². The van der Waals surface area contributed by atoms with Crippen LogP contribution < -0.4 is 5.32 Å². The second-order valence-corrected chi connectivity index (χ2v) is 5.05. The van der Waals surface area contributed by atoms with Crippen molar-refractivity contribution in [2.75, 3.05) is 32.9 Å². The third-order valence-corrected chi connectivity index (χ3v) is 3.44. The standard InChI is InChI=1S/C15H20N2O4/c1-11-3-2-4-12(7-11)15(20)16-8-14(19)17-5-6-21-10-13(17)9-18/h2-4,7,13,18H,5-6,8-10H2,1H3,(H,16,20). The summed E-state index contributed by atoms with van der Waals surface area (Å²) in [4.78, 5) is 25.6. The number of hydrogen-bond donors (Lipinski definition) is 2. The monoisotopic (exact) mass is 292 g/mol. The Kier molecular flexibility index (Phi) is 5.30. The van der Waals surface area contributed by atoms with Crippen LogP contribution in [0.5, 0.6) is 0 Å². The first-order chi connectivity index (χ1) is 10.1. The number of hydrogen-bond acceptors (Lipinski definition) is 4. The van der Waals surface area contributed by atoms with Crippen LogP contribution in [0.3, 0.4) is 0 Å². The predicted octanol–water partition coefficient (Wildman–Crippen LogP) is -0.0555. The van der Waals surface area contributed by atoms with Gasteiger partial charge in [-0.3, -0.25) is 9.59 Å². The molecule has 0 aromatic heterocycles. The number of morpholine rings is 1. The topological polar surface area (TPSA) is 78.9 Å². The number of carbonyl (C=O) groups is 2. The molecule has 0 radical (unpaired) electrons. The highest BCUT2D eigenvalue weighted by molar-refractivity contribution is 5.96. The molecular weight excluding hydrogens is 272 g/mol. The van der Waals surface area contributed by atoms with E-state index in [1.165, 1.54) is 0 Å². The Bertz CT molecular complexity index is 518. The maximum Gasteiger partial charge on any atom is 0.251 e. The number of carbonyl (C=O) groups excluding carboxylic acids is 2. The number of aliphatic hydroxyl groups is 1. The molecule has 1 fully saturated rings. The van der Waals surface area contributed by atoms with Gasteiger partial charge in [-0.1, -0.05) is 17.7 Å². The number of benzene rings is 1. The minimum absolute atomic E-state index is 0.0801. The van der Waals surface area contributed by atoms with Crippen molar-refractivity contribution in [2.24, 2.45) is 0 Å². The average Bonchev–Trinajstić information content (AvgIpc) is 2.52. The fourth-order valence-electron chi connectivity index (χ4n) is 2.28. The van der Waals surface area contributed by atoms with Gasteiger partial charge in [0.2, 0.25) is 5.91 Å². The van der Waals surface area contributed by atoms with E-state index < -0.39 is 0 Å². The number of ether oxygens (including phenoxy) is 1. The van der Waals surface area contributed by atoms with Gasteiger partial charge in [0.25, 0.3) is 5.91 Å². The van der Waals surface area contributed by atoms with E-state index in [2.05, 4.69) is 5.32 Å². The summed E-state index contributed by atoms with van der Waals surface area (Å²) in [5.74, 6) is -0.487. The minimum atomic E-state index is -0.331. The van der Waals surface area contributed by atoms with E-state index >= 15 is 0 Å². The van der Waals surface area contributed by atoms with Crippen molar-refractivity contribution in [3.05, 3.63) is 35.4 Å². The summed E-state index contributed by atoms with van der Waals surface area (Å²) in [6.45, 7) is 2.90. The smallest absolute Gasteiger partial charge is 0.251 e. The molecule has 114 valence electrons. The number of amides is 2. The van der Waals surface area contributed by atoms with Crippen molar-refractivity contribution in [1.29, 1.82) is 0 Å². The fourth-order valence-corrected chi connectivity index (χ4v) is 2.28. The number of nitrogens with one attached hydrogen (secondary N) is 1. The molecule has 0 aliphatic carbocycles. The van der Waals surface area contributed by atoms with E-state index in [-0.39, 0.29) is 31.0 Å².